The van der Waals surface area contributed by atoms with Crippen molar-refractivity contribution >= 4 is 17.3 Å². The van der Waals surface area contributed by atoms with Crippen LogP contribution in [0.4, 0.5) is 5.69 Å². The molecule has 0 radical (unpaired) electrons. The van der Waals surface area contributed by atoms with E-state index in [4.69, 9.17) is 11.6 Å². The van der Waals surface area contributed by atoms with E-state index in [1.165, 1.54) is 38.9 Å². The number of aryl methyl sites for hydroxylation is 1. The Morgan fingerprint density at radius 1 is 1.45 bits per heavy atom. The molecular weight excluding hydrogens is 270 g/mol. The molecule has 0 saturated carbocycles. The van der Waals surface area contributed by atoms with E-state index < -0.39 is 0 Å². The molecule has 0 aliphatic carbocycles. The monoisotopic (exact) mass is 295 g/mol. The van der Waals surface area contributed by atoms with Crippen molar-refractivity contribution in [3.63, 3.8) is 0 Å². The van der Waals surface area contributed by atoms with Gasteiger partial charge in [0, 0.05) is 6.04 Å². The summed E-state index contributed by atoms with van der Waals surface area (Å²) in [5, 5.41) is 4.18. The second-order valence-corrected chi connectivity index (χ2v) is 6.30. The molecule has 3 nitrogen and oxygen atoms in total. The van der Waals surface area contributed by atoms with Crippen LogP contribution in [0.25, 0.3) is 0 Å². The molecule has 1 fully saturated rings. The molecule has 20 heavy (non-hydrogen) atoms. The summed E-state index contributed by atoms with van der Waals surface area (Å²) in [4.78, 5) is 6.79. The lowest BCUT2D eigenvalue weighted by molar-refractivity contribution is 0.176. The highest BCUT2D eigenvalue weighted by molar-refractivity contribution is 6.30. The molecule has 1 atom stereocenters. The predicted molar refractivity (Wildman–Crippen MR) is 86.5 cm³/mol. The second kappa shape index (κ2) is 7.28. The number of anilines is 1. The number of hydrogen-bond acceptors (Lipinski definition) is 3. The molecule has 2 heterocycles. The molecule has 1 saturated heterocycles. The summed E-state index contributed by atoms with van der Waals surface area (Å²) in [6, 6.07) is 2.57. The first-order valence-corrected chi connectivity index (χ1v) is 8.09. The van der Waals surface area contributed by atoms with Crippen LogP contribution in [0.3, 0.4) is 0 Å². The van der Waals surface area contributed by atoms with E-state index in [0.29, 0.717) is 11.2 Å². The Morgan fingerprint density at radius 2 is 2.15 bits per heavy atom. The summed E-state index contributed by atoms with van der Waals surface area (Å²) in [5.74, 6) is 0.749. The van der Waals surface area contributed by atoms with Gasteiger partial charge >= 0.3 is 0 Å². The zero-order valence-electron chi connectivity index (χ0n) is 12.8. The molecule has 112 valence electrons. The molecule has 0 aromatic carbocycles. The number of nitrogens with zero attached hydrogens (tertiary/aromatic N) is 2. The highest BCUT2D eigenvalue weighted by Crippen LogP contribution is 2.24. The van der Waals surface area contributed by atoms with Gasteiger partial charge in [0.15, 0.2) is 0 Å². The van der Waals surface area contributed by atoms with Gasteiger partial charge in [0.1, 0.15) is 5.15 Å². The highest BCUT2D eigenvalue weighted by Gasteiger charge is 2.23. The Labute approximate surface area is 127 Å². The van der Waals surface area contributed by atoms with E-state index in [1.54, 1.807) is 0 Å². The number of aromatic nitrogens is 1. The predicted octanol–water partition coefficient (Wildman–Crippen LogP) is 3.97. The van der Waals surface area contributed by atoms with Gasteiger partial charge in [-0.2, -0.15) is 0 Å². The zero-order chi connectivity index (χ0) is 14.5. The first kappa shape index (κ1) is 15.6. The quantitative estimate of drug-likeness (QED) is 0.833. The second-order valence-electron chi connectivity index (χ2n) is 5.94. The average molecular weight is 296 g/mol. The summed E-state index contributed by atoms with van der Waals surface area (Å²) in [6.45, 7) is 10.3. The maximum Gasteiger partial charge on any atom is 0.132 e. The van der Waals surface area contributed by atoms with E-state index in [-0.39, 0.29) is 0 Å². The number of nitrogens with one attached hydrogen (secondary N) is 1. The maximum absolute atomic E-state index is 5.97. The minimum absolute atomic E-state index is 0.487. The van der Waals surface area contributed by atoms with Crippen LogP contribution >= 0.6 is 11.6 Å². The van der Waals surface area contributed by atoms with E-state index in [2.05, 4.69) is 35.1 Å². The van der Waals surface area contributed by atoms with Gasteiger partial charge in [0.05, 0.1) is 11.9 Å². The third-order valence-electron chi connectivity index (χ3n) is 4.29. The molecule has 1 N–H and O–H groups in total. The summed E-state index contributed by atoms with van der Waals surface area (Å²) in [7, 11) is 0. The Kier molecular flexibility index (Phi) is 5.67. The summed E-state index contributed by atoms with van der Waals surface area (Å²) < 4.78 is 0. The van der Waals surface area contributed by atoms with Crippen molar-refractivity contribution in [2.45, 2.75) is 46.1 Å². The van der Waals surface area contributed by atoms with Gasteiger partial charge in [-0.1, -0.05) is 18.5 Å². The summed E-state index contributed by atoms with van der Waals surface area (Å²) >= 11 is 5.97. The van der Waals surface area contributed by atoms with E-state index >= 15 is 0 Å². The lowest BCUT2D eigenvalue weighted by atomic mass is 9.90. The van der Waals surface area contributed by atoms with Crippen LogP contribution in [0.15, 0.2) is 12.3 Å². The fourth-order valence-electron chi connectivity index (χ4n) is 3.01. The van der Waals surface area contributed by atoms with Gasteiger partial charge in [-0.3, -0.25) is 0 Å². The molecule has 0 spiro atoms. The normalized spacial score (nSPS) is 19.0. The third kappa shape index (κ3) is 4.10. The van der Waals surface area contributed by atoms with Crippen molar-refractivity contribution in [1.82, 2.24) is 9.88 Å². The number of piperidine rings is 1. The third-order valence-corrected chi connectivity index (χ3v) is 4.68. The maximum atomic E-state index is 5.97. The van der Waals surface area contributed by atoms with Gasteiger partial charge in [-0.25, -0.2) is 4.98 Å². The number of halogens is 1. The van der Waals surface area contributed by atoms with E-state index in [0.717, 1.165) is 17.2 Å². The fraction of sp³-hybridized carbons (Fsp3) is 0.688. The lowest BCUT2D eigenvalue weighted by Gasteiger charge is -2.35. The average Bonchev–Trinajstić information content (AvgIpc) is 2.44. The molecule has 1 aromatic heterocycles. The SMILES string of the molecule is CCCN1CCC(C(C)Nc2cnc(Cl)c(C)c2)CC1. The molecule has 0 bridgehead atoms. The molecule has 1 aliphatic heterocycles. The van der Waals surface area contributed by atoms with Crippen LogP contribution in [0.5, 0.6) is 0 Å². The first-order chi connectivity index (χ1) is 9.60. The highest BCUT2D eigenvalue weighted by atomic mass is 35.5. The van der Waals surface area contributed by atoms with Crippen molar-refractivity contribution < 1.29 is 0 Å². The van der Waals surface area contributed by atoms with Gasteiger partial charge in [-0.15, -0.1) is 0 Å². The van der Waals surface area contributed by atoms with Crippen LogP contribution < -0.4 is 5.32 Å². The largest absolute Gasteiger partial charge is 0.381 e. The van der Waals surface area contributed by atoms with Crippen molar-refractivity contribution in [3.8, 4) is 0 Å². The molecule has 1 unspecified atom stereocenters. The Balaban J connectivity index is 1.86. The Hall–Kier alpha value is -0.800. The zero-order valence-corrected chi connectivity index (χ0v) is 13.6. The number of rotatable bonds is 5. The summed E-state index contributed by atoms with van der Waals surface area (Å²) in [5.41, 5.74) is 2.11. The van der Waals surface area contributed by atoms with Crippen LogP contribution in [-0.4, -0.2) is 35.6 Å². The fourth-order valence-corrected chi connectivity index (χ4v) is 3.11. The summed E-state index contributed by atoms with van der Waals surface area (Å²) in [6.07, 6.45) is 5.66. The molecule has 0 amide bonds. The minimum Gasteiger partial charge on any atom is -0.381 e. The van der Waals surface area contributed by atoms with Crippen molar-refractivity contribution in [2.24, 2.45) is 5.92 Å². The first-order valence-electron chi connectivity index (χ1n) is 7.71. The molecule has 4 heteroatoms. The molecular formula is C16H26ClN3. The standard InChI is InChI=1S/C16H26ClN3/c1-4-7-20-8-5-14(6-9-20)13(3)19-15-10-12(2)16(17)18-11-15/h10-11,13-14,19H,4-9H2,1-3H3. The van der Waals surface area contributed by atoms with Crippen molar-refractivity contribution in [2.75, 3.05) is 25.0 Å². The smallest absolute Gasteiger partial charge is 0.132 e. The number of likely N-dealkylation sites (tertiary alicyclic amines) is 1. The van der Waals surface area contributed by atoms with Gasteiger partial charge < -0.3 is 10.2 Å². The van der Waals surface area contributed by atoms with Crippen molar-refractivity contribution in [1.29, 1.82) is 0 Å². The lowest BCUT2D eigenvalue weighted by Crippen LogP contribution is -2.39. The molecule has 1 aliphatic rings. The van der Waals surface area contributed by atoms with Crippen molar-refractivity contribution in [3.05, 3.63) is 23.0 Å². The van der Waals surface area contributed by atoms with E-state index in [9.17, 15) is 0 Å². The topological polar surface area (TPSA) is 28.2 Å². The van der Waals surface area contributed by atoms with Gasteiger partial charge in [0.2, 0.25) is 0 Å². The Bertz CT molecular complexity index is 428. The van der Waals surface area contributed by atoms with Crippen LogP contribution in [0, 0.1) is 12.8 Å². The van der Waals surface area contributed by atoms with Crippen LogP contribution in [0.2, 0.25) is 5.15 Å². The molecule has 2 rings (SSSR count). The van der Waals surface area contributed by atoms with Gasteiger partial charge in [0.25, 0.3) is 0 Å². The minimum atomic E-state index is 0.487. The van der Waals surface area contributed by atoms with Crippen LogP contribution in [0.1, 0.15) is 38.7 Å². The number of pyridine rings is 1. The van der Waals surface area contributed by atoms with Crippen LogP contribution in [-0.2, 0) is 0 Å². The van der Waals surface area contributed by atoms with E-state index in [1.807, 2.05) is 13.1 Å². The Morgan fingerprint density at radius 3 is 2.75 bits per heavy atom. The van der Waals surface area contributed by atoms with Gasteiger partial charge in [-0.05, 0) is 70.3 Å². The number of hydrogen-bond donors (Lipinski definition) is 1. The molecule has 1 aromatic rings.